The third-order valence-corrected chi connectivity index (χ3v) is 6.45. The van der Waals surface area contributed by atoms with Crippen molar-refractivity contribution in [1.29, 1.82) is 0 Å². The number of guanidine groups is 1. The molecule has 0 atom stereocenters. The van der Waals surface area contributed by atoms with Crippen molar-refractivity contribution in [2.24, 2.45) is 10.9 Å². The van der Waals surface area contributed by atoms with E-state index in [0.717, 1.165) is 71.0 Å². The predicted octanol–water partition coefficient (Wildman–Crippen LogP) is 1.96. The molecule has 6 nitrogen and oxygen atoms in total. The van der Waals surface area contributed by atoms with Crippen LogP contribution in [0.1, 0.15) is 31.2 Å². The van der Waals surface area contributed by atoms with E-state index in [1.54, 1.807) is 0 Å². The van der Waals surface area contributed by atoms with E-state index in [-0.39, 0.29) is 0 Å². The molecular formula is C22H33N5O. The quantitative estimate of drug-likeness (QED) is 0.638. The van der Waals surface area contributed by atoms with Gasteiger partial charge in [0.2, 0.25) is 5.91 Å². The van der Waals surface area contributed by atoms with E-state index < -0.39 is 0 Å². The molecular weight excluding hydrogens is 350 g/mol. The van der Waals surface area contributed by atoms with Crippen molar-refractivity contribution in [3.05, 3.63) is 29.8 Å². The van der Waals surface area contributed by atoms with Gasteiger partial charge in [0.1, 0.15) is 0 Å². The lowest BCUT2D eigenvalue weighted by Crippen LogP contribution is -2.52. The summed E-state index contributed by atoms with van der Waals surface area (Å²) in [5.74, 6) is 1.67. The molecule has 0 radical (unpaired) electrons. The summed E-state index contributed by atoms with van der Waals surface area (Å²) >= 11 is 0. The topological polar surface area (TPSA) is 51.2 Å². The molecule has 4 rings (SSSR count). The zero-order chi connectivity index (χ0) is 19.3. The molecule has 1 saturated heterocycles. The number of carbonyl (C=O) groups is 1. The summed E-state index contributed by atoms with van der Waals surface area (Å²) in [6.07, 6.45) is 5.73. The van der Waals surface area contributed by atoms with Crippen LogP contribution in [0.15, 0.2) is 29.3 Å². The lowest BCUT2D eigenvalue weighted by molar-refractivity contribution is -0.137. The van der Waals surface area contributed by atoms with Gasteiger partial charge < -0.3 is 15.1 Å². The molecule has 1 aromatic rings. The fraction of sp³-hybridized carbons (Fsp3) is 0.636. The molecule has 152 valence electrons. The maximum absolute atomic E-state index is 12.6. The van der Waals surface area contributed by atoms with Crippen LogP contribution in [0.25, 0.3) is 0 Å². The summed E-state index contributed by atoms with van der Waals surface area (Å²) in [4.78, 5) is 23.9. The van der Waals surface area contributed by atoms with Gasteiger partial charge >= 0.3 is 0 Å². The van der Waals surface area contributed by atoms with E-state index >= 15 is 0 Å². The minimum absolute atomic E-state index is 0.305. The zero-order valence-corrected chi connectivity index (χ0v) is 17.1. The molecule has 0 unspecified atom stereocenters. The number of anilines is 1. The number of hydrogen-bond acceptors (Lipinski definition) is 3. The summed E-state index contributed by atoms with van der Waals surface area (Å²) in [7, 11) is 1.86. The van der Waals surface area contributed by atoms with Crippen molar-refractivity contribution < 1.29 is 4.79 Å². The minimum Gasteiger partial charge on any atom is -0.355 e. The maximum Gasteiger partial charge on any atom is 0.225 e. The van der Waals surface area contributed by atoms with E-state index in [4.69, 9.17) is 0 Å². The van der Waals surface area contributed by atoms with E-state index in [2.05, 4.69) is 49.3 Å². The first kappa shape index (κ1) is 19.2. The van der Waals surface area contributed by atoms with Crippen molar-refractivity contribution in [2.75, 3.05) is 57.8 Å². The summed E-state index contributed by atoms with van der Waals surface area (Å²) in [6.45, 7) is 6.56. The number of benzene rings is 1. The first-order chi connectivity index (χ1) is 13.8. The van der Waals surface area contributed by atoms with Crippen LogP contribution in [-0.4, -0.2) is 74.5 Å². The number of piperazine rings is 1. The number of carbonyl (C=O) groups excluding carboxylic acids is 1. The van der Waals surface area contributed by atoms with E-state index in [1.165, 1.54) is 24.1 Å². The molecule has 1 N–H and O–H groups in total. The molecule has 2 heterocycles. The average molecular weight is 384 g/mol. The Morgan fingerprint density at radius 1 is 1.11 bits per heavy atom. The van der Waals surface area contributed by atoms with Gasteiger partial charge in [0, 0.05) is 64.5 Å². The van der Waals surface area contributed by atoms with Crippen molar-refractivity contribution in [3.63, 3.8) is 0 Å². The highest BCUT2D eigenvalue weighted by Crippen LogP contribution is 2.28. The fourth-order valence-corrected chi connectivity index (χ4v) is 4.80. The number of hydrogen-bond donors (Lipinski definition) is 1. The molecule has 1 amide bonds. The van der Waals surface area contributed by atoms with Crippen LogP contribution in [0, 0.1) is 5.92 Å². The number of fused-ring (bicyclic) bond motifs is 1. The van der Waals surface area contributed by atoms with Crippen molar-refractivity contribution in [2.45, 2.75) is 32.1 Å². The largest absolute Gasteiger partial charge is 0.355 e. The molecule has 1 aliphatic carbocycles. The number of amides is 1. The lowest BCUT2D eigenvalue weighted by Gasteiger charge is -2.36. The Kier molecular flexibility index (Phi) is 6.15. The van der Waals surface area contributed by atoms with Gasteiger partial charge in [0.15, 0.2) is 5.96 Å². The fourth-order valence-electron chi connectivity index (χ4n) is 4.80. The Hall–Kier alpha value is -2.08. The first-order valence-electron chi connectivity index (χ1n) is 10.8. The van der Waals surface area contributed by atoms with Gasteiger partial charge in [-0.3, -0.25) is 14.7 Å². The molecule has 0 aromatic heterocycles. The lowest BCUT2D eigenvalue weighted by atomic mass is 10.1. The Morgan fingerprint density at radius 2 is 1.86 bits per heavy atom. The first-order valence-corrected chi connectivity index (χ1v) is 10.8. The third-order valence-electron chi connectivity index (χ3n) is 6.45. The van der Waals surface area contributed by atoms with Crippen LogP contribution in [0.3, 0.4) is 0 Å². The standard InChI is InChI=1S/C22H33N5O/c1-23-22(27-12-10-18-6-4-5-9-20(18)27)24-11-13-25-14-16-26(17-15-25)21(28)19-7-2-3-8-19/h4-6,9,19H,2-3,7-8,10-17H2,1H3,(H,23,24). The van der Waals surface area contributed by atoms with Crippen molar-refractivity contribution >= 4 is 17.6 Å². The van der Waals surface area contributed by atoms with Gasteiger partial charge in [0.25, 0.3) is 0 Å². The van der Waals surface area contributed by atoms with Gasteiger partial charge in [-0.1, -0.05) is 31.0 Å². The second-order valence-corrected chi connectivity index (χ2v) is 8.15. The molecule has 6 heteroatoms. The third kappa shape index (κ3) is 4.17. The van der Waals surface area contributed by atoms with E-state index in [9.17, 15) is 4.79 Å². The van der Waals surface area contributed by atoms with Crippen molar-refractivity contribution in [1.82, 2.24) is 15.1 Å². The normalized spacial score (nSPS) is 21.2. The zero-order valence-electron chi connectivity index (χ0n) is 17.1. The minimum atomic E-state index is 0.305. The summed E-state index contributed by atoms with van der Waals surface area (Å²) in [5, 5.41) is 3.53. The second kappa shape index (κ2) is 8.95. The number of nitrogens with one attached hydrogen (secondary N) is 1. The summed E-state index contributed by atoms with van der Waals surface area (Å²) < 4.78 is 0. The molecule has 0 spiro atoms. The summed E-state index contributed by atoms with van der Waals surface area (Å²) in [5.41, 5.74) is 2.67. The SMILES string of the molecule is CN=C(NCCN1CCN(C(=O)C2CCCC2)CC1)N1CCc2ccccc21. The highest BCUT2D eigenvalue weighted by molar-refractivity contribution is 5.97. The molecule has 3 aliphatic rings. The van der Waals surface area contributed by atoms with Crippen LogP contribution in [-0.2, 0) is 11.2 Å². The van der Waals surface area contributed by atoms with Gasteiger partial charge in [0.05, 0.1) is 0 Å². The number of nitrogens with zero attached hydrogens (tertiary/aromatic N) is 4. The Morgan fingerprint density at radius 3 is 2.61 bits per heavy atom. The van der Waals surface area contributed by atoms with Crippen molar-refractivity contribution in [3.8, 4) is 0 Å². The highest BCUT2D eigenvalue weighted by Gasteiger charge is 2.29. The number of rotatable bonds is 4. The Balaban J connectivity index is 1.21. The van der Waals surface area contributed by atoms with Crippen LogP contribution in [0.5, 0.6) is 0 Å². The monoisotopic (exact) mass is 383 g/mol. The maximum atomic E-state index is 12.6. The summed E-state index contributed by atoms with van der Waals surface area (Å²) in [6, 6.07) is 8.58. The molecule has 28 heavy (non-hydrogen) atoms. The van der Waals surface area contributed by atoms with Gasteiger partial charge in [-0.15, -0.1) is 0 Å². The second-order valence-electron chi connectivity index (χ2n) is 8.15. The molecule has 0 bridgehead atoms. The molecule has 1 saturated carbocycles. The van der Waals surface area contributed by atoms with Crippen LogP contribution in [0.4, 0.5) is 5.69 Å². The van der Waals surface area contributed by atoms with Gasteiger partial charge in [-0.25, -0.2) is 0 Å². The van der Waals surface area contributed by atoms with E-state index in [1.807, 2.05) is 7.05 Å². The Labute approximate surface area is 168 Å². The van der Waals surface area contributed by atoms with Gasteiger partial charge in [-0.05, 0) is 30.9 Å². The highest BCUT2D eigenvalue weighted by atomic mass is 16.2. The predicted molar refractivity (Wildman–Crippen MR) is 114 cm³/mol. The van der Waals surface area contributed by atoms with Crippen LogP contribution < -0.4 is 10.2 Å². The molecule has 2 aliphatic heterocycles. The number of para-hydroxylation sites is 1. The Bertz CT molecular complexity index is 705. The average Bonchev–Trinajstić information content (AvgIpc) is 3.42. The van der Waals surface area contributed by atoms with Gasteiger partial charge in [-0.2, -0.15) is 0 Å². The smallest absolute Gasteiger partial charge is 0.225 e. The van der Waals surface area contributed by atoms with Crippen LogP contribution in [0.2, 0.25) is 0 Å². The molecule has 2 fully saturated rings. The van der Waals surface area contributed by atoms with Crippen LogP contribution >= 0.6 is 0 Å². The molecule has 1 aromatic carbocycles. The number of aliphatic imine (C=N–C) groups is 1. The van der Waals surface area contributed by atoms with E-state index in [0.29, 0.717) is 11.8 Å².